The van der Waals surface area contributed by atoms with Crippen LogP contribution in [0.3, 0.4) is 0 Å². The number of anilines is 2. The van der Waals surface area contributed by atoms with Gasteiger partial charge in [-0.15, -0.1) is 0 Å². The van der Waals surface area contributed by atoms with Gasteiger partial charge >= 0.3 is 0 Å². The molecule has 10 heteroatoms. The first-order valence-electron chi connectivity index (χ1n) is 10.7. The smallest absolute Gasteiger partial charge is 0.255 e. The molecular weight excluding hydrogens is 451 g/mol. The number of hydrogen-bond donors (Lipinski definition) is 4. The molecule has 0 bridgehead atoms. The summed E-state index contributed by atoms with van der Waals surface area (Å²) in [6, 6.07) is 13.6. The second-order valence-electron chi connectivity index (χ2n) is 8.53. The second-order valence-corrected chi connectivity index (χ2v) is 8.53. The number of aliphatic hydroxyl groups is 1. The molecule has 1 amide bonds. The number of aromatic hydroxyl groups is 1. The van der Waals surface area contributed by atoms with Crippen LogP contribution in [0.25, 0.3) is 16.9 Å². The zero-order chi connectivity index (χ0) is 25.2. The zero-order valence-corrected chi connectivity index (χ0v) is 19.0. The average Bonchev–Trinajstić information content (AvgIpc) is 3.25. The Morgan fingerprint density at radius 2 is 2.03 bits per heavy atom. The molecule has 0 saturated carbocycles. The van der Waals surface area contributed by atoms with Gasteiger partial charge in [0.25, 0.3) is 5.91 Å². The van der Waals surface area contributed by atoms with Crippen molar-refractivity contribution in [3.63, 3.8) is 0 Å². The number of halogens is 1. The molecule has 35 heavy (non-hydrogen) atoms. The minimum Gasteiger partial charge on any atom is -0.508 e. The normalized spacial score (nSPS) is 12.2. The van der Waals surface area contributed by atoms with Gasteiger partial charge in [0.2, 0.25) is 0 Å². The van der Waals surface area contributed by atoms with Crippen molar-refractivity contribution >= 4 is 28.3 Å². The van der Waals surface area contributed by atoms with Crippen molar-refractivity contribution in [3.8, 4) is 17.6 Å². The molecule has 4 aromatic rings. The lowest BCUT2D eigenvalue weighted by Crippen LogP contribution is -2.42. The van der Waals surface area contributed by atoms with Gasteiger partial charge in [0.1, 0.15) is 29.5 Å². The van der Waals surface area contributed by atoms with Crippen molar-refractivity contribution in [2.75, 3.05) is 11.9 Å². The lowest BCUT2D eigenvalue weighted by atomic mass is 10.0. The number of hydrogen-bond acceptors (Lipinski definition) is 7. The van der Waals surface area contributed by atoms with Gasteiger partial charge in [0.05, 0.1) is 29.0 Å². The molecular formula is C25H23FN6O3. The Balaban J connectivity index is 1.72. The van der Waals surface area contributed by atoms with E-state index in [1.807, 2.05) is 0 Å². The van der Waals surface area contributed by atoms with Gasteiger partial charge in [0.15, 0.2) is 0 Å². The van der Waals surface area contributed by atoms with Gasteiger partial charge in [-0.05, 0) is 38.1 Å². The number of nitrogens with one attached hydrogen (secondary N) is 2. The Labute approximate surface area is 200 Å². The maximum absolute atomic E-state index is 14.2. The molecule has 3 aromatic heterocycles. The first-order valence-corrected chi connectivity index (χ1v) is 10.7. The Kier molecular flexibility index (Phi) is 6.36. The zero-order valence-electron chi connectivity index (χ0n) is 19.0. The van der Waals surface area contributed by atoms with E-state index in [0.717, 1.165) is 5.39 Å². The highest BCUT2D eigenvalue weighted by molar-refractivity contribution is 6.00. The summed E-state index contributed by atoms with van der Waals surface area (Å²) in [5.41, 5.74) is 0.404. The number of nitrogens with zero attached hydrogens (tertiary/aromatic N) is 4. The lowest BCUT2D eigenvalue weighted by molar-refractivity contribution is -0.00177. The van der Waals surface area contributed by atoms with E-state index in [-0.39, 0.29) is 17.9 Å². The first-order chi connectivity index (χ1) is 16.7. The molecule has 9 nitrogen and oxygen atoms in total. The fourth-order valence-corrected chi connectivity index (χ4v) is 3.40. The molecule has 0 aliphatic carbocycles. The summed E-state index contributed by atoms with van der Waals surface area (Å²) in [7, 11) is 0. The molecule has 1 aromatic carbocycles. The standard InChI is InChI=1S/C25H23FN6O3/c1-25(2,35)21(26)14-30-24(34)19-13-28-22(10-20(19)31-17-4-3-5-18(33)9-17)32-7-6-16-8-15(11-27)12-29-23(16)32/h3-10,12-13,21,33,35H,14H2,1-2H3,(H,28,31)(H,30,34). The van der Waals surface area contributed by atoms with Gasteiger partial charge in [-0.2, -0.15) is 5.26 Å². The molecule has 178 valence electrons. The van der Waals surface area contributed by atoms with Crippen LogP contribution >= 0.6 is 0 Å². The highest BCUT2D eigenvalue weighted by Gasteiger charge is 2.27. The number of alkyl halides is 1. The highest BCUT2D eigenvalue weighted by atomic mass is 19.1. The summed E-state index contributed by atoms with van der Waals surface area (Å²) in [5.74, 6) is -0.112. The molecule has 0 radical (unpaired) electrons. The molecule has 0 aliphatic heterocycles. The van der Waals surface area contributed by atoms with Gasteiger partial charge in [0, 0.05) is 41.8 Å². The predicted molar refractivity (Wildman–Crippen MR) is 128 cm³/mol. The van der Waals surface area contributed by atoms with E-state index in [2.05, 4.69) is 26.7 Å². The first kappa shape index (κ1) is 23.7. The molecule has 4 rings (SSSR count). The van der Waals surface area contributed by atoms with Crippen LogP contribution in [0.15, 0.2) is 61.1 Å². The summed E-state index contributed by atoms with van der Waals surface area (Å²) < 4.78 is 15.9. The van der Waals surface area contributed by atoms with Crippen molar-refractivity contribution in [2.24, 2.45) is 0 Å². The van der Waals surface area contributed by atoms with Crippen LogP contribution in [0.5, 0.6) is 5.75 Å². The number of pyridine rings is 2. The van der Waals surface area contributed by atoms with E-state index in [4.69, 9.17) is 5.26 Å². The molecule has 1 unspecified atom stereocenters. The van der Waals surface area contributed by atoms with Crippen LogP contribution in [-0.4, -0.2) is 49.0 Å². The minimum absolute atomic E-state index is 0.0367. The molecule has 0 saturated heterocycles. The molecule has 0 spiro atoms. The third-order valence-electron chi connectivity index (χ3n) is 5.37. The number of benzene rings is 1. The monoisotopic (exact) mass is 474 g/mol. The van der Waals surface area contributed by atoms with Crippen molar-refractivity contribution < 1.29 is 19.4 Å². The van der Waals surface area contributed by atoms with Crippen LogP contribution in [0, 0.1) is 11.3 Å². The fraction of sp³-hybridized carbons (Fsp3) is 0.200. The number of phenolic OH excluding ortho intramolecular Hbond substituents is 1. The number of aromatic nitrogens is 3. The van der Waals surface area contributed by atoms with E-state index in [9.17, 15) is 19.4 Å². The topological polar surface area (TPSA) is 136 Å². The summed E-state index contributed by atoms with van der Waals surface area (Å²) in [5, 5.41) is 35.1. The number of nitriles is 1. The Morgan fingerprint density at radius 3 is 2.74 bits per heavy atom. The number of phenols is 1. The Bertz CT molecular complexity index is 1440. The van der Waals surface area contributed by atoms with Gasteiger partial charge < -0.3 is 20.8 Å². The Hall–Kier alpha value is -4.49. The molecule has 1 atom stereocenters. The number of rotatable bonds is 7. The summed E-state index contributed by atoms with van der Waals surface area (Å²) >= 11 is 0. The largest absolute Gasteiger partial charge is 0.508 e. The van der Waals surface area contributed by atoms with E-state index in [0.29, 0.717) is 28.4 Å². The number of fused-ring (bicyclic) bond motifs is 1. The maximum atomic E-state index is 14.2. The molecule has 0 fully saturated rings. The number of amides is 1. The number of carbonyl (C=O) groups excluding carboxylic acids is 1. The van der Waals surface area contributed by atoms with Crippen molar-refractivity contribution in [1.29, 1.82) is 5.26 Å². The van der Waals surface area contributed by atoms with Crippen LogP contribution in [0.4, 0.5) is 15.8 Å². The van der Waals surface area contributed by atoms with Crippen LogP contribution in [0.1, 0.15) is 29.8 Å². The fourth-order valence-electron chi connectivity index (χ4n) is 3.40. The quantitative estimate of drug-likeness (QED) is 0.321. The maximum Gasteiger partial charge on any atom is 0.255 e. The van der Waals surface area contributed by atoms with E-state index < -0.39 is 17.7 Å². The van der Waals surface area contributed by atoms with E-state index in [1.165, 1.54) is 38.4 Å². The SMILES string of the molecule is CC(C)(O)C(F)CNC(=O)c1cnc(-n2ccc3cc(C#N)cnc32)cc1Nc1cccc(O)c1. The molecule has 3 heterocycles. The number of carbonyl (C=O) groups is 1. The van der Waals surface area contributed by atoms with Crippen molar-refractivity contribution in [1.82, 2.24) is 19.9 Å². The van der Waals surface area contributed by atoms with Gasteiger partial charge in [-0.3, -0.25) is 9.36 Å². The second kappa shape index (κ2) is 9.40. The summed E-state index contributed by atoms with van der Waals surface area (Å²) in [6.07, 6.45) is 2.89. The third-order valence-corrected chi connectivity index (χ3v) is 5.37. The van der Waals surface area contributed by atoms with Gasteiger partial charge in [-0.1, -0.05) is 6.07 Å². The van der Waals surface area contributed by atoms with E-state index >= 15 is 0 Å². The van der Waals surface area contributed by atoms with Crippen LogP contribution < -0.4 is 10.6 Å². The average molecular weight is 474 g/mol. The predicted octanol–water partition coefficient (Wildman–Crippen LogP) is 3.58. The lowest BCUT2D eigenvalue weighted by Gasteiger charge is -2.22. The van der Waals surface area contributed by atoms with Crippen molar-refractivity contribution in [2.45, 2.75) is 25.6 Å². The summed E-state index contributed by atoms with van der Waals surface area (Å²) in [6.45, 7) is 2.26. The van der Waals surface area contributed by atoms with Gasteiger partial charge in [-0.25, -0.2) is 14.4 Å². The van der Waals surface area contributed by atoms with Crippen LogP contribution in [0.2, 0.25) is 0 Å². The minimum atomic E-state index is -1.67. The third kappa shape index (κ3) is 5.20. The van der Waals surface area contributed by atoms with Crippen molar-refractivity contribution in [3.05, 3.63) is 72.2 Å². The van der Waals surface area contributed by atoms with E-state index in [1.54, 1.807) is 41.1 Å². The Morgan fingerprint density at radius 1 is 1.23 bits per heavy atom. The highest BCUT2D eigenvalue weighted by Crippen LogP contribution is 2.27. The van der Waals surface area contributed by atoms with Crippen LogP contribution in [-0.2, 0) is 0 Å². The summed E-state index contributed by atoms with van der Waals surface area (Å²) in [4.78, 5) is 21.6. The molecule has 4 N–H and O–H groups in total. The molecule has 0 aliphatic rings.